The van der Waals surface area contributed by atoms with Gasteiger partial charge in [-0.2, -0.15) is 5.26 Å². The molecule has 0 aliphatic carbocycles. The molecule has 0 radical (unpaired) electrons. The molecule has 0 heterocycles. The zero-order valence-electron chi connectivity index (χ0n) is 8.95. The maximum Gasteiger partial charge on any atom is 0.251 e. The monoisotopic (exact) mass is 202 g/mol. The molecule has 1 aromatic rings. The van der Waals surface area contributed by atoms with Gasteiger partial charge in [0.15, 0.2) is 0 Å². The molecular formula is C12H14N2O. The fourth-order valence-electron chi connectivity index (χ4n) is 1.29. The predicted molar refractivity (Wildman–Crippen MR) is 58.5 cm³/mol. The Morgan fingerprint density at radius 3 is 2.93 bits per heavy atom. The lowest BCUT2D eigenvalue weighted by molar-refractivity contribution is 0.0955. The van der Waals surface area contributed by atoms with Gasteiger partial charge < -0.3 is 5.32 Å². The second-order valence-corrected chi connectivity index (χ2v) is 3.34. The summed E-state index contributed by atoms with van der Waals surface area (Å²) >= 11 is 0. The topological polar surface area (TPSA) is 52.9 Å². The highest BCUT2D eigenvalue weighted by Gasteiger charge is 2.08. The van der Waals surface area contributed by atoms with Gasteiger partial charge in [-0.3, -0.25) is 4.79 Å². The number of nitrogens with one attached hydrogen (secondary N) is 1. The lowest BCUT2D eigenvalue weighted by Crippen LogP contribution is -2.22. The van der Waals surface area contributed by atoms with Crippen molar-refractivity contribution in [3.8, 4) is 6.07 Å². The molecule has 1 rings (SSSR count). The number of hydrogen-bond acceptors (Lipinski definition) is 2. The van der Waals surface area contributed by atoms with E-state index in [1.165, 1.54) is 0 Å². The van der Waals surface area contributed by atoms with Crippen molar-refractivity contribution in [3.05, 3.63) is 35.4 Å². The molecule has 1 amide bonds. The van der Waals surface area contributed by atoms with Crippen LogP contribution in [-0.4, -0.2) is 12.5 Å². The number of rotatable bonds is 3. The molecule has 1 unspecified atom stereocenters. The normalized spacial score (nSPS) is 11.5. The van der Waals surface area contributed by atoms with E-state index in [9.17, 15) is 4.79 Å². The average molecular weight is 202 g/mol. The van der Waals surface area contributed by atoms with Crippen molar-refractivity contribution in [1.82, 2.24) is 5.32 Å². The summed E-state index contributed by atoms with van der Waals surface area (Å²) in [6.45, 7) is 4.30. The molecule has 0 fully saturated rings. The van der Waals surface area contributed by atoms with Crippen molar-refractivity contribution in [2.45, 2.75) is 19.8 Å². The summed E-state index contributed by atoms with van der Waals surface area (Å²) in [7, 11) is 0. The fourth-order valence-corrected chi connectivity index (χ4v) is 1.29. The second-order valence-electron chi connectivity index (χ2n) is 3.34. The average Bonchev–Trinajstić information content (AvgIpc) is 2.28. The molecule has 0 aliphatic rings. The van der Waals surface area contributed by atoms with E-state index in [0.29, 0.717) is 12.1 Å². The number of benzene rings is 1. The van der Waals surface area contributed by atoms with E-state index in [4.69, 9.17) is 5.26 Å². The van der Waals surface area contributed by atoms with Crippen molar-refractivity contribution in [2.24, 2.45) is 0 Å². The SMILES string of the molecule is CCNC(=O)c1cccc(C(C)C#N)c1. The summed E-state index contributed by atoms with van der Waals surface area (Å²) in [6.07, 6.45) is 0. The van der Waals surface area contributed by atoms with Gasteiger partial charge in [0.1, 0.15) is 0 Å². The van der Waals surface area contributed by atoms with Crippen molar-refractivity contribution in [1.29, 1.82) is 5.26 Å². The molecule has 15 heavy (non-hydrogen) atoms. The van der Waals surface area contributed by atoms with Gasteiger partial charge in [0.05, 0.1) is 12.0 Å². The summed E-state index contributed by atoms with van der Waals surface area (Å²) in [5.41, 5.74) is 1.48. The number of carbonyl (C=O) groups excluding carboxylic acids is 1. The van der Waals surface area contributed by atoms with Gasteiger partial charge in [-0.05, 0) is 31.5 Å². The third-order valence-corrected chi connectivity index (χ3v) is 2.18. The van der Waals surface area contributed by atoms with E-state index in [2.05, 4.69) is 11.4 Å². The van der Waals surface area contributed by atoms with Gasteiger partial charge >= 0.3 is 0 Å². The van der Waals surface area contributed by atoms with Gasteiger partial charge in [0.2, 0.25) is 0 Å². The van der Waals surface area contributed by atoms with E-state index < -0.39 is 0 Å². The van der Waals surface area contributed by atoms with Crippen LogP contribution in [0.4, 0.5) is 0 Å². The predicted octanol–water partition coefficient (Wildman–Crippen LogP) is 2.06. The Morgan fingerprint density at radius 2 is 2.33 bits per heavy atom. The first-order valence-electron chi connectivity index (χ1n) is 4.96. The highest BCUT2D eigenvalue weighted by molar-refractivity contribution is 5.94. The van der Waals surface area contributed by atoms with Crippen LogP contribution >= 0.6 is 0 Å². The van der Waals surface area contributed by atoms with Crippen LogP contribution in [0.5, 0.6) is 0 Å². The lowest BCUT2D eigenvalue weighted by atomic mass is 10.0. The Bertz CT molecular complexity index is 393. The maximum absolute atomic E-state index is 11.5. The first kappa shape index (κ1) is 11.3. The molecule has 0 saturated carbocycles. The van der Waals surface area contributed by atoms with Gasteiger partial charge in [-0.15, -0.1) is 0 Å². The number of hydrogen-bond donors (Lipinski definition) is 1. The summed E-state index contributed by atoms with van der Waals surface area (Å²) in [4.78, 5) is 11.5. The molecule has 0 aromatic heterocycles. The van der Waals surface area contributed by atoms with Gasteiger partial charge in [0, 0.05) is 12.1 Å². The highest BCUT2D eigenvalue weighted by atomic mass is 16.1. The molecule has 1 aromatic carbocycles. The first-order chi connectivity index (χ1) is 7.19. The number of amides is 1. The van der Waals surface area contributed by atoms with E-state index in [-0.39, 0.29) is 11.8 Å². The molecule has 0 spiro atoms. The Labute approximate surface area is 89.7 Å². The van der Waals surface area contributed by atoms with Crippen molar-refractivity contribution < 1.29 is 4.79 Å². The van der Waals surface area contributed by atoms with E-state index in [1.807, 2.05) is 19.9 Å². The van der Waals surface area contributed by atoms with Crippen molar-refractivity contribution >= 4 is 5.91 Å². The molecule has 3 heteroatoms. The Hall–Kier alpha value is -1.82. The zero-order valence-corrected chi connectivity index (χ0v) is 8.95. The Kier molecular flexibility index (Phi) is 3.87. The van der Waals surface area contributed by atoms with E-state index in [0.717, 1.165) is 5.56 Å². The van der Waals surface area contributed by atoms with Crippen LogP contribution in [0.25, 0.3) is 0 Å². The zero-order chi connectivity index (χ0) is 11.3. The quantitative estimate of drug-likeness (QED) is 0.815. The Balaban J connectivity index is 2.93. The molecule has 78 valence electrons. The van der Waals surface area contributed by atoms with Gasteiger partial charge in [-0.25, -0.2) is 0 Å². The van der Waals surface area contributed by atoms with Crippen molar-refractivity contribution in [2.75, 3.05) is 6.54 Å². The first-order valence-corrected chi connectivity index (χ1v) is 4.96. The molecule has 0 saturated heterocycles. The minimum absolute atomic E-state index is 0.0931. The second kappa shape index (κ2) is 5.16. The van der Waals surface area contributed by atoms with E-state index >= 15 is 0 Å². The van der Waals surface area contributed by atoms with Crippen molar-refractivity contribution in [3.63, 3.8) is 0 Å². The summed E-state index contributed by atoms with van der Waals surface area (Å²) in [6, 6.07) is 9.32. The number of nitrogens with zero attached hydrogens (tertiary/aromatic N) is 1. The maximum atomic E-state index is 11.5. The van der Waals surface area contributed by atoms with Crippen LogP contribution in [0.3, 0.4) is 0 Å². The number of carbonyl (C=O) groups is 1. The summed E-state index contributed by atoms with van der Waals surface area (Å²) < 4.78 is 0. The van der Waals surface area contributed by atoms with Gasteiger partial charge in [0.25, 0.3) is 5.91 Å². The number of nitriles is 1. The van der Waals surface area contributed by atoms with Crippen LogP contribution in [0, 0.1) is 11.3 Å². The van der Waals surface area contributed by atoms with Gasteiger partial charge in [-0.1, -0.05) is 12.1 Å². The standard InChI is InChI=1S/C12H14N2O/c1-3-14-12(15)11-6-4-5-10(7-11)9(2)8-13/h4-7,9H,3H2,1-2H3,(H,14,15). The molecule has 0 bridgehead atoms. The fraction of sp³-hybridized carbons (Fsp3) is 0.333. The van der Waals surface area contributed by atoms with Crippen LogP contribution in [-0.2, 0) is 0 Å². The molecular weight excluding hydrogens is 188 g/mol. The third-order valence-electron chi connectivity index (χ3n) is 2.18. The molecule has 1 atom stereocenters. The largest absolute Gasteiger partial charge is 0.352 e. The summed E-state index contributed by atoms with van der Waals surface area (Å²) in [5, 5.41) is 11.5. The van der Waals surface area contributed by atoms with Crippen LogP contribution < -0.4 is 5.32 Å². The highest BCUT2D eigenvalue weighted by Crippen LogP contribution is 2.15. The Morgan fingerprint density at radius 1 is 1.60 bits per heavy atom. The third kappa shape index (κ3) is 2.81. The smallest absolute Gasteiger partial charge is 0.251 e. The molecule has 0 aliphatic heterocycles. The lowest BCUT2D eigenvalue weighted by Gasteiger charge is -2.06. The summed E-state index contributed by atoms with van der Waals surface area (Å²) in [5.74, 6) is -0.274. The van der Waals surface area contributed by atoms with Crippen LogP contribution in [0.2, 0.25) is 0 Å². The minimum Gasteiger partial charge on any atom is -0.352 e. The molecule has 1 N–H and O–H groups in total. The van der Waals surface area contributed by atoms with Crippen LogP contribution in [0.1, 0.15) is 35.7 Å². The molecule has 3 nitrogen and oxygen atoms in total. The van der Waals surface area contributed by atoms with Crippen LogP contribution in [0.15, 0.2) is 24.3 Å². The van der Waals surface area contributed by atoms with E-state index in [1.54, 1.807) is 18.2 Å². The minimum atomic E-state index is -0.181.